The van der Waals surface area contributed by atoms with Crippen LogP contribution < -0.4 is 5.32 Å². The molecule has 1 aliphatic rings. The zero-order valence-corrected chi connectivity index (χ0v) is 14.0. The molecule has 0 spiro atoms. The van der Waals surface area contributed by atoms with Gasteiger partial charge in [-0.25, -0.2) is 0 Å². The minimum atomic E-state index is -0.935. The molecule has 0 aromatic carbocycles. The number of nitrogens with one attached hydrogen (secondary N) is 1. The van der Waals surface area contributed by atoms with Gasteiger partial charge in [-0.3, -0.25) is 14.3 Å². The van der Waals surface area contributed by atoms with E-state index in [1.165, 1.54) is 0 Å². The highest BCUT2D eigenvalue weighted by Crippen LogP contribution is 2.30. The summed E-state index contributed by atoms with van der Waals surface area (Å²) in [5, 5.41) is 16.7. The third kappa shape index (κ3) is 3.55. The molecule has 0 bridgehead atoms. The summed E-state index contributed by atoms with van der Waals surface area (Å²) in [5.74, 6) is -1.13. The van der Waals surface area contributed by atoms with Crippen molar-refractivity contribution in [3.05, 3.63) is 17.0 Å². The molecule has 0 atom stereocenters. The molecule has 2 rings (SSSR count). The summed E-state index contributed by atoms with van der Waals surface area (Å²) < 4.78 is 7.07. The van der Waals surface area contributed by atoms with E-state index in [1.807, 2.05) is 11.6 Å². The first-order valence-electron chi connectivity index (χ1n) is 8.04. The Kier molecular flexibility index (Phi) is 5.41. The van der Waals surface area contributed by atoms with E-state index in [9.17, 15) is 14.7 Å². The van der Waals surface area contributed by atoms with Gasteiger partial charge in [0.05, 0.1) is 16.7 Å². The maximum Gasteiger partial charge on any atom is 0.311 e. The van der Waals surface area contributed by atoms with Crippen LogP contribution in [0, 0.1) is 19.3 Å². The standard InChI is InChI=1S/C16H25N3O4/c1-4-7-19-12(3)13(11(2)18-19)14(20)17-10-16(15(21)22)5-8-23-9-6-16/h4-10H2,1-3H3,(H,17,20)(H,21,22). The Hall–Kier alpha value is -1.89. The quantitative estimate of drug-likeness (QED) is 0.828. The number of carbonyl (C=O) groups is 2. The van der Waals surface area contributed by atoms with Gasteiger partial charge in [0.1, 0.15) is 0 Å². The number of rotatable bonds is 6. The smallest absolute Gasteiger partial charge is 0.311 e. The lowest BCUT2D eigenvalue weighted by Crippen LogP contribution is -2.46. The predicted molar refractivity (Wildman–Crippen MR) is 84.4 cm³/mol. The van der Waals surface area contributed by atoms with E-state index in [-0.39, 0.29) is 12.5 Å². The number of hydrogen-bond acceptors (Lipinski definition) is 4. The van der Waals surface area contributed by atoms with E-state index in [1.54, 1.807) is 6.92 Å². The number of ether oxygens (including phenoxy) is 1. The molecule has 1 aromatic heterocycles. The van der Waals surface area contributed by atoms with Gasteiger partial charge in [-0.15, -0.1) is 0 Å². The minimum Gasteiger partial charge on any atom is -0.481 e. The third-order valence-corrected chi connectivity index (χ3v) is 4.53. The second kappa shape index (κ2) is 7.12. The maximum atomic E-state index is 12.5. The number of carbonyl (C=O) groups excluding carboxylic acids is 1. The number of hydrogen-bond donors (Lipinski definition) is 2. The summed E-state index contributed by atoms with van der Waals surface area (Å²) in [5.41, 5.74) is 1.10. The highest BCUT2D eigenvalue weighted by Gasteiger charge is 2.40. The number of aromatic nitrogens is 2. The Bertz CT molecular complexity index is 588. The molecule has 1 aliphatic heterocycles. The van der Waals surface area contributed by atoms with Crippen molar-refractivity contribution in [1.29, 1.82) is 0 Å². The molecular weight excluding hydrogens is 298 g/mol. The van der Waals surface area contributed by atoms with E-state index in [0.29, 0.717) is 37.3 Å². The van der Waals surface area contributed by atoms with Crippen LogP contribution in [0.25, 0.3) is 0 Å². The minimum absolute atomic E-state index is 0.113. The molecule has 2 heterocycles. The summed E-state index contributed by atoms with van der Waals surface area (Å²) in [4.78, 5) is 24.1. The number of amides is 1. The van der Waals surface area contributed by atoms with Gasteiger partial charge in [-0.1, -0.05) is 6.92 Å². The van der Waals surface area contributed by atoms with Crippen molar-refractivity contribution in [2.75, 3.05) is 19.8 Å². The Labute approximate surface area is 136 Å². The summed E-state index contributed by atoms with van der Waals surface area (Å²) in [6.45, 7) is 7.42. The van der Waals surface area contributed by atoms with E-state index in [4.69, 9.17) is 4.74 Å². The monoisotopic (exact) mass is 323 g/mol. The lowest BCUT2D eigenvalue weighted by atomic mass is 9.80. The van der Waals surface area contributed by atoms with Crippen molar-refractivity contribution in [2.24, 2.45) is 5.41 Å². The average Bonchev–Trinajstić information content (AvgIpc) is 2.80. The molecule has 1 saturated heterocycles. The molecule has 2 N–H and O–H groups in total. The van der Waals surface area contributed by atoms with Crippen LogP contribution in [0.15, 0.2) is 0 Å². The van der Waals surface area contributed by atoms with Gasteiger partial charge in [0.25, 0.3) is 5.91 Å². The van der Waals surface area contributed by atoms with Crippen molar-refractivity contribution in [3.8, 4) is 0 Å². The SMILES string of the molecule is CCCn1nc(C)c(C(=O)NCC2(C(=O)O)CCOCC2)c1C. The van der Waals surface area contributed by atoms with Gasteiger partial charge in [0, 0.05) is 32.0 Å². The molecule has 1 fully saturated rings. The number of carboxylic acid groups (broad SMARTS) is 1. The fraction of sp³-hybridized carbons (Fsp3) is 0.688. The summed E-state index contributed by atoms with van der Waals surface area (Å²) in [7, 11) is 0. The molecule has 1 amide bonds. The fourth-order valence-corrected chi connectivity index (χ4v) is 3.02. The molecule has 128 valence electrons. The summed E-state index contributed by atoms with van der Waals surface area (Å²) in [6, 6.07) is 0. The van der Waals surface area contributed by atoms with Gasteiger partial charge < -0.3 is 15.2 Å². The van der Waals surface area contributed by atoms with Crippen LogP contribution in [0.3, 0.4) is 0 Å². The van der Waals surface area contributed by atoms with Gasteiger partial charge in [-0.2, -0.15) is 5.10 Å². The van der Waals surface area contributed by atoms with Crippen LogP contribution in [0.4, 0.5) is 0 Å². The van der Waals surface area contributed by atoms with E-state index >= 15 is 0 Å². The first kappa shape index (κ1) is 17.5. The number of aliphatic carboxylic acids is 1. The van der Waals surface area contributed by atoms with Crippen molar-refractivity contribution < 1.29 is 19.4 Å². The molecule has 0 aliphatic carbocycles. The largest absolute Gasteiger partial charge is 0.481 e. The predicted octanol–water partition coefficient (Wildman–Crippen LogP) is 1.52. The van der Waals surface area contributed by atoms with Crippen LogP contribution in [0.2, 0.25) is 0 Å². The Morgan fingerprint density at radius 3 is 2.57 bits per heavy atom. The Balaban J connectivity index is 2.11. The van der Waals surface area contributed by atoms with Gasteiger partial charge in [0.2, 0.25) is 0 Å². The molecule has 1 aromatic rings. The van der Waals surface area contributed by atoms with E-state index < -0.39 is 11.4 Å². The van der Waals surface area contributed by atoms with Crippen LogP contribution in [-0.2, 0) is 16.1 Å². The van der Waals surface area contributed by atoms with Crippen molar-refractivity contribution in [2.45, 2.75) is 46.6 Å². The average molecular weight is 323 g/mol. The van der Waals surface area contributed by atoms with E-state index in [2.05, 4.69) is 17.3 Å². The second-order valence-corrected chi connectivity index (χ2v) is 6.15. The number of nitrogens with zero attached hydrogens (tertiary/aromatic N) is 2. The molecular formula is C16H25N3O4. The molecule has 23 heavy (non-hydrogen) atoms. The lowest BCUT2D eigenvalue weighted by molar-refractivity contribution is -0.154. The van der Waals surface area contributed by atoms with Crippen LogP contribution in [-0.4, -0.2) is 46.5 Å². The van der Waals surface area contributed by atoms with Crippen LogP contribution >= 0.6 is 0 Å². The second-order valence-electron chi connectivity index (χ2n) is 6.15. The van der Waals surface area contributed by atoms with Gasteiger partial charge in [-0.05, 0) is 33.1 Å². The zero-order chi connectivity index (χ0) is 17.0. The first-order valence-corrected chi connectivity index (χ1v) is 8.04. The Morgan fingerprint density at radius 1 is 1.35 bits per heavy atom. The molecule has 7 nitrogen and oxygen atoms in total. The zero-order valence-electron chi connectivity index (χ0n) is 14.0. The normalized spacial score (nSPS) is 17.0. The highest BCUT2D eigenvalue weighted by molar-refractivity contribution is 5.96. The first-order chi connectivity index (χ1) is 10.9. The van der Waals surface area contributed by atoms with Gasteiger partial charge >= 0.3 is 5.97 Å². The number of carboxylic acids is 1. The summed E-state index contributed by atoms with van der Waals surface area (Å²) >= 11 is 0. The third-order valence-electron chi connectivity index (χ3n) is 4.53. The molecule has 0 unspecified atom stereocenters. The molecule has 0 saturated carbocycles. The maximum absolute atomic E-state index is 12.5. The van der Waals surface area contributed by atoms with Crippen LogP contribution in [0.1, 0.15) is 47.9 Å². The van der Waals surface area contributed by atoms with Crippen molar-refractivity contribution in [3.63, 3.8) is 0 Å². The Morgan fingerprint density at radius 2 is 2.00 bits per heavy atom. The van der Waals surface area contributed by atoms with Crippen molar-refractivity contribution >= 4 is 11.9 Å². The van der Waals surface area contributed by atoms with E-state index in [0.717, 1.165) is 18.7 Å². The number of aryl methyl sites for hydroxylation is 2. The fourth-order valence-electron chi connectivity index (χ4n) is 3.02. The highest BCUT2D eigenvalue weighted by atomic mass is 16.5. The molecule has 7 heteroatoms. The van der Waals surface area contributed by atoms with Crippen molar-refractivity contribution in [1.82, 2.24) is 15.1 Å². The van der Waals surface area contributed by atoms with Crippen LogP contribution in [0.5, 0.6) is 0 Å². The van der Waals surface area contributed by atoms with Gasteiger partial charge in [0.15, 0.2) is 0 Å². The topological polar surface area (TPSA) is 93.5 Å². The summed E-state index contributed by atoms with van der Waals surface area (Å²) in [6.07, 6.45) is 1.76. The molecule has 0 radical (unpaired) electrons. The lowest BCUT2D eigenvalue weighted by Gasteiger charge is -2.33.